The second kappa shape index (κ2) is 9.74. The highest BCUT2D eigenvalue weighted by Crippen LogP contribution is 2.39. The number of aliphatic carboxylic acids is 1. The molecule has 0 aliphatic carbocycles. The number of ether oxygens (including phenoxy) is 1. The maximum absolute atomic E-state index is 13.0. The number of carboxylic acids is 1. The Hall–Kier alpha value is -4.20. The van der Waals surface area contributed by atoms with Gasteiger partial charge in [-0.2, -0.15) is 0 Å². The Labute approximate surface area is 184 Å². The molecule has 0 radical (unpaired) electrons. The molecule has 1 atom stereocenters. The maximum Gasteiger partial charge on any atom is 0.337 e. The number of rotatable bonds is 7. The first-order valence-electron chi connectivity index (χ1n) is 9.84. The molecule has 0 saturated heterocycles. The number of benzene rings is 2. The number of nitrogens with one attached hydrogen (secondary N) is 1. The molecule has 3 rings (SSSR count). The van der Waals surface area contributed by atoms with Crippen molar-refractivity contribution < 1.29 is 24.4 Å². The summed E-state index contributed by atoms with van der Waals surface area (Å²) in [4.78, 5) is 35.7. The highest BCUT2D eigenvalue weighted by molar-refractivity contribution is 5.99. The van der Waals surface area contributed by atoms with E-state index >= 15 is 0 Å². The number of dihydropyridines is 1. The van der Waals surface area contributed by atoms with E-state index in [2.05, 4.69) is 5.32 Å². The van der Waals surface area contributed by atoms with Crippen LogP contribution in [0.3, 0.4) is 0 Å². The van der Waals surface area contributed by atoms with Gasteiger partial charge in [0.1, 0.15) is 6.61 Å². The van der Waals surface area contributed by atoms with E-state index < -0.39 is 22.8 Å². The molecule has 0 spiro atoms. The van der Waals surface area contributed by atoms with Crippen molar-refractivity contribution in [1.29, 1.82) is 0 Å². The van der Waals surface area contributed by atoms with E-state index in [4.69, 9.17) is 4.74 Å². The molecule has 8 nitrogen and oxygen atoms in total. The number of nitro benzene ring substituents is 1. The van der Waals surface area contributed by atoms with Crippen LogP contribution in [0.4, 0.5) is 5.69 Å². The molecular formula is C24H22N2O6. The van der Waals surface area contributed by atoms with Gasteiger partial charge in [-0.1, -0.05) is 48.5 Å². The van der Waals surface area contributed by atoms with Crippen LogP contribution < -0.4 is 5.32 Å². The minimum atomic E-state index is -1.23. The summed E-state index contributed by atoms with van der Waals surface area (Å²) in [6, 6.07) is 15.1. The second-order valence-corrected chi connectivity index (χ2v) is 7.20. The van der Waals surface area contributed by atoms with E-state index in [9.17, 15) is 24.8 Å². The summed E-state index contributed by atoms with van der Waals surface area (Å²) in [5.74, 6) is -2.94. The number of carbonyl (C=O) groups excluding carboxylic acids is 1. The first kappa shape index (κ1) is 22.5. The Morgan fingerprint density at radius 3 is 2.44 bits per heavy atom. The molecule has 1 heterocycles. The van der Waals surface area contributed by atoms with E-state index in [0.717, 1.165) is 5.56 Å². The summed E-state index contributed by atoms with van der Waals surface area (Å²) in [7, 11) is 0. The molecule has 0 saturated carbocycles. The average molecular weight is 434 g/mol. The maximum atomic E-state index is 13.0. The molecule has 0 bridgehead atoms. The van der Waals surface area contributed by atoms with Crippen molar-refractivity contribution in [2.24, 2.45) is 0 Å². The zero-order valence-corrected chi connectivity index (χ0v) is 17.6. The van der Waals surface area contributed by atoms with Crippen LogP contribution in [0.1, 0.15) is 30.9 Å². The summed E-state index contributed by atoms with van der Waals surface area (Å²) < 4.78 is 5.39. The minimum absolute atomic E-state index is 0.0166. The van der Waals surface area contributed by atoms with Crippen molar-refractivity contribution in [3.05, 3.63) is 104 Å². The number of nitrogens with zero attached hydrogens (tertiary/aromatic N) is 1. The van der Waals surface area contributed by atoms with Gasteiger partial charge in [-0.3, -0.25) is 10.1 Å². The smallest absolute Gasteiger partial charge is 0.337 e. The van der Waals surface area contributed by atoms with Crippen molar-refractivity contribution in [3.8, 4) is 0 Å². The Bertz CT molecular complexity index is 1150. The lowest BCUT2D eigenvalue weighted by Gasteiger charge is -2.29. The molecule has 1 aliphatic rings. The fourth-order valence-corrected chi connectivity index (χ4v) is 3.65. The topological polar surface area (TPSA) is 119 Å². The van der Waals surface area contributed by atoms with Gasteiger partial charge >= 0.3 is 11.9 Å². The van der Waals surface area contributed by atoms with Crippen molar-refractivity contribution in [3.63, 3.8) is 0 Å². The molecule has 0 amide bonds. The molecule has 32 heavy (non-hydrogen) atoms. The lowest BCUT2D eigenvalue weighted by Crippen LogP contribution is -2.31. The molecule has 2 aromatic rings. The molecule has 2 N–H and O–H groups in total. The zero-order chi connectivity index (χ0) is 23.3. The van der Waals surface area contributed by atoms with Gasteiger partial charge in [0.15, 0.2) is 0 Å². The molecule has 164 valence electrons. The molecule has 0 unspecified atom stereocenters. The van der Waals surface area contributed by atoms with Crippen LogP contribution in [0.5, 0.6) is 0 Å². The number of carbonyl (C=O) groups is 2. The third-order valence-electron chi connectivity index (χ3n) is 5.05. The summed E-state index contributed by atoms with van der Waals surface area (Å²) in [5.41, 5.74) is 1.89. The second-order valence-electron chi connectivity index (χ2n) is 7.20. The van der Waals surface area contributed by atoms with Crippen LogP contribution in [-0.4, -0.2) is 28.6 Å². The number of carboxylic acid groups (broad SMARTS) is 1. The largest absolute Gasteiger partial charge is 0.478 e. The van der Waals surface area contributed by atoms with Gasteiger partial charge in [0.05, 0.1) is 22.0 Å². The summed E-state index contributed by atoms with van der Waals surface area (Å²) in [5, 5.41) is 24.0. The summed E-state index contributed by atoms with van der Waals surface area (Å²) >= 11 is 0. The van der Waals surface area contributed by atoms with E-state index in [1.807, 2.05) is 30.3 Å². The number of hydrogen-bond donors (Lipinski definition) is 2. The Morgan fingerprint density at radius 2 is 1.78 bits per heavy atom. The van der Waals surface area contributed by atoms with E-state index in [1.165, 1.54) is 18.2 Å². The van der Waals surface area contributed by atoms with Crippen LogP contribution in [0, 0.1) is 10.1 Å². The van der Waals surface area contributed by atoms with Crippen LogP contribution in [0.2, 0.25) is 0 Å². The third kappa shape index (κ3) is 4.92. The molecule has 0 aromatic heterocycles. The molecular weight excluding hydrogens is 412 g/mol. The van der Waals surface area contributed by atoms with Gasteiger partial charge in [0.2, 0.25) is 0 Å². The standard InChI is InChI=1S/C24H22N2O6/c1-15-20(23(27)28)22(18-11-6-12-19(14-18)26(30)31)21(16(2)25-15)24(29)32-13-7-10-17-8-4-3-5-9-17/h3-12,14,22,25H,13H2,1-2H3,(H,27,28)/b10-7+/t22-/m1/s1. The lowest BCUT2D eigenvalue weighted by atomic mass is 9.80. The Balaban J connectivity index is 1.92. The highest BCUT2D eigenvalue weighted by Gasteiger charge is 2.37. The molecule has 0 fully saturated rings. The summed E-state index contributed by atoms with van der Waals surface area (Å²) in [6.45, 7) is 3.21. The van der Waals surface area contributed by atoms with Crippen LogP contribution in [0.15, 0.2) is 83.2 Å². The van der Waals surface area contributed by atoms with E-state index in [-0.39, 0.29) is 23.4 Å². The van der Waals surface area contributed by atoms with Crippen LogP contribution >= 0.6 is 0 Å². The lowest BCUT2D eigenvalue weighted by molar-refractivity contribution is -0.384. The quantitative estimate of drug-likeness (QED) is 0.381. The van der Waals surface area contributed by atoms with Gasteiger partial charge < -0.3 is 15.2 Å². The monoisotopic (exact) mass is 434 g/mol. The first-order valence-corrected chi connectivity index (χ1v) is 9.84. The van der Waals surface area contributed by atoms with Crippen molar-refractivity contribution in [2.45, 2.75) is 19.8 Å². The Kier molecular flexibility index (Phi) is 6.84. The number of hydrogen-bond acceptors (Lipinski definition) is 6. The van der Waals surface area contributed by atoms with E-state index in [0.29, 0.717) is 17.0 Å². The third-order valence-corrected chi connectivity index (χ3v) is 5.05. The van der Waals surface area contributed by atoms with Crippen molar-refractivity contribution in [1.82, 2.24) is 5.32 Å². The predicted molar refractivity (Wildman–Crippen MR) is 118 cm³/mol. The van der Waals surface area contributed by atoms with Gasteiger partial charge in [-0.05, 0) is 31.1 Å². The fraction of sp³-hybridized carbons (Fsp3) is 0.167. The van der Waals surface area contributed by atoms with Gasteiger partial charge in [-0.25, -0.2) is 9.59 Å². The molecule has 2 aromatic carbocycles. The zero-order valence-electron chi connectivity index (χ0n) is 17.6. The normalized spacial score (nSPS) is 16.1. The number of allylic oxidation sites excluding steroid dienone is 2. The van der Waals surface area contributed by atoms with Gasteiger partial charge in [-0.15, -0.1) is 0 Å². The molecule has 8 heteroatoms. The van der Waals surface area contributed by atoms with Gasteiger partial charge in [0.25, 0.3) is 5.69 Å². The van der Waals surface area contributed by atoms with Crippen LogP contribution in [-0.2, 0) is 14.3 Å². The SMILES string of the molecule is CC1=C(C(=O)O)[C@@H](c2cccc([N+](=O)[O-])c2)C(C(=O)OC/C=C/c2ccccc2)=C(C)N1. The fourth-order valence-electron chi connectivity index (χ4n) is 3.65. The number of esters is 1. The van der Waals surface area contributed by atoms with Crippen molar-refractivity contribution >= 4 is 23.7 Å². The van der Waals surface area contributed by atoms with E-state index in [1.54, 1.807) is 32.1 Å². The number of non-ortho nitro benzene ring substituents is 1. The number of nitro groups is 1. The molecule has 1 aliphatic heterocycles. The minimum Gasteiger partial charge on any atom is -0.478 e. The summed E-state index contributed by atoms with van der Waals surface area (Å²) in [6.07, 6.45) is 3.49. The average Bonchev–Trinajstić information content (AvgIpc) is 2.76. The predicted octanol–water partition coefficient (Wildman–Crippen LogP) is 4.17. The Morgan fingerprint density at radius 1 is 1.09 bits per heavy atom. The van der Waals surface area contributed by atoms with Crippen LogP contribution in [0.25, 0.3) is 6.08 Å². The van der Waals surface area contributed by atoms with Crippen molar-refractivity contribution in [2.75, 3.05) is 6.61 Å². The van der Waals surface area contributed by atoms with Gasteiger partial charge in [0, 0.05) is 23.5 Å². The highest BCUT2D eigenvalue weighted by atomic mass is 16.6. The first-order chi connectivity index (χ1) is 15.3.